The van der Waals surface area contributed by atoms with Gasteiger partial charge in [0.2, 0.25) is 0 Å². The van der Waals surface area contributed by atoms with Crippen LogP contribution < -0.4 is 10.6 Å². The Morgan fingerprint density at radius 1 is 1.21 bits per heavy atom. The van der Waals surface area contributed by atoms with Crippen LogP contribution in [0.15, 0.2) is 24.3 Å². The van der Waals surface area contributed by atoms with Crippen LogP contribution in [0.4, 0.5) is 10.5 Å². The van der Waals surface area contributed by atoms with Crippen molar-refractivity contribution < 1.29 is 23.9 Å². The minimum Gasteiger partial charge on any atom is -0.451 e. The van der Waals surface area contributed by atoms with E-state index >= 15 is 0 Å². The fourth-order valence-corrected chi connectivity index (χ4v) is 2.87. The molecule has 0 radical (unpaired) electrons. The molecule has 8 heteroatoms. The SMILES string of the molecule is CC[C@H](C)c1ccccc1NC(=O)[C@H](C)OC(=O)CN1C(=O)NC(C)(C)C1=O. The van der Waals surface area contributed by atoms with Crippen LogP contribution >= 0.6 is 0 Å². The van der Waals surface area contributed by atoms with E-state index in [9.17, 15) is 19.2 Å². The van der Waals surface area contributed by atoms with E-state index in [4.69, 9.17) is 4.74 Å². The van der Waals surface area contributed by atoms with Gasteiger partial charge in [-0.15, -0.1) is 0 Å². The molecule has 1 heterocycles. The van der Waals surface area contributed by atoms with E-state index in [0.29, 0.717) is 5.69 Å². The van der Waals surface area contributed by atoms with Crippen molar-refractivity contribution in [1.82, 2.24) is 10.2 Å². The summed E-state index contributed by atoms with van der Waals surface area (Å²) < 4.78 is 5.11. The van der Waals surface area contributed by atoms with Crippen LogP contribution in [0.5, 0.6) is 0 Å². The Bertz CT molecular complexity index is 790. The molecule has 4 amide bonds. The molecular formula is C20H27N3O5. The van der Waals surface area contributed by atoms with Gasteiger partial charge in [-0.05, 0) is 44.7 Å². The Morgan fingerprint density at radius 2 is 1.86 bits per heavy atom. The number of para-hydroxylation sites is 1. The Kier molecular flexibility index (Phi) is 6.43. The van der Waals surface area contributed by atoms with Crippen molar-refractivity contribution in [2.45, 2.75) is 58.6 Å². The fourth-order valence-electron chi connectivity index (χ4n) is 2.87. The minimum absolute atomic E-state index is 0.261. The molecule has 0 bridgehead atoms. The zero-order chi connectivity index (χ0) is 21.1. The lowest BCUT2D eigenvalue weighted by molar-refractivity contribution is -0.155. The topological polar surface area (TPSA) is 105 Å². The molecule has 1 aliphatic heterocycles. The molecule has 152 valence electrons. The van der Waals surface area contributed by atoms with E-state index in [1.807, 2.05) is 18.2 Å². The van der Waals surface area contributed by atoms with E-state index < -0.39 is 42.0 Å². The number of rotatable bonds is 7. The van der Waals surface area contributed by atoms with Crippen molar-refractivity contribution in [3.05, 3.63) is 29.8 Å². The maximum Gasteiger partial charge on any atom is 0.327 e. The molecule has 1 saturated heterocycles. The van der Waals surface area contributed by atoms with Crippen molar-refractivity contribution in [2.24, 2.45) is 0 Å². The highest BCUT2D eigenvalue weighted by atomic mass is 16.5. The van der Waals surface area contributed by atoms with Gasteiger partial charge < -0.3 is 15.4 Å². The number of nitrogens with zero attached hydrogens (tertiary/aromatic N) is 1. The van der Waals surface area contributed by atoms with Crippen LogP contribution in [-0.4, -0.2) is 46.9 Å². The van der Waals surface area contributed by atoms with E-state index in [-0.39, 0.29) is 5.92 Å². The largest absolute Gasteiger partial charge is 0.451 e. The van der Waals surface area contributed by atoms with Gasteiger partial charge in [0.25, 0.3) is 11.8 Å². The lowest BCUT2D eigenvalue weighted by Gasteiger charge is -2.19. The number of ether oxygens (including phenoxy) is 1. The molecule has 1 aromatic rings. The molecule has 28 heavy (non-hydrogen) atoms. The van der Waals surface area contributed by atoms with Crippen molar-refractivity contribution in [1.29, 1.82) is 0 Å². The number of nitrogens with one attached hydrogen (secondary N) is 2. The van der Waals surface area contributed by atoms with Gasteiger partial charge in [-0.25, -0.2) is 4.79 Å². The molecule has 0 aliphatic carbocycles. The average molecular weight is 389 g/mol. The highest BCUT2D eigenvalue weighted by Crippen LogP contribution is 2.26. The molecule has 2 atom stereocenters. The molecule has 1 aliphatic rings. The summed E-state index contributed by atoms with van der Waals surface area (Å²) in [6, 6.07) is 6.80. The quantitative estimate of drug-likeness (QED) is 0.550. The summed E-state index contributed by atoms with van der Waals surface area (Å²) in [6.45, 7) is 8.11. The third-order valence-electron chi connectivity index (χ3n) is 4.77. The zero-order valence-corrected chi connectivity index (χ0v) is 16.9. The lowest BCUT2D eigenvalue weighted by Crippen LogP contribution is -2.42. The first-order valence-electron chi connectivity index (χ1n) is 9.30. The van der Waals surface area contributed by atoms with Gasteiger partial charge in [-0.2, -0.15) is 0 Å². The summed E-state index contributed by atoms with van der Waals surface area (Å²) >= 11 is 0. The fraction of sp³-hybridized carbons (Fsp3) is 0.500. The number of carbonyl (C=O) groups is 4. The van der Waals surface area contributed by atoms with Gasteiger partial charge in [0.1, 0.15) is 12.1 Å². The second kappa shape index (κ2) is 8.41. The van der Waals surface area contributed by atoms with E-state index in [0.717, 1.165) is 16.9 Å². The number of imide groups is 1. The highest BCUT2D eigenvalue weighted by molar-refractivity contribution is 6.08. The predicted molar refractivity (Wildman–Crippen MR) is 104 cm³/mol. The number of amides is 4. The van der Waals surface area contributed by atoms with Crippen LogP contribution in [-0.2, 0) is 19.1 Å². The standard InChI is InChI=1S/C20H27N3O5/c1-6-12(2)14-9-7-8-10-15(14)21-17(25)13(3)28-16(24)11-23-18(26)20(4,5)22-19(23)27/h7-10,12-13H,6,11H2,1-5H3,(H,21,25)(H,22,27)/t12-,13-/m0/s1. The van der Waals surface area contributed by atoms with Crippen LogP contribution in [0.3, 0.4) is 0 Å². The van der Waals surface area contributed by atoms with Crippen LogP contribution in [0.1, 0.15) is 52.5 Å². The normalized spacial score (nSPS) is 17.7. The van der Waals surface area contributed by atoms with Gasteiger partial charge in [-0.1, -0.05) is 32.0 Å². The second-order valence-electron chi connectivity index (χ2n) is 7.46. The third-order valence-corrected chi connectivity index (χ3v) is 4.77. The molecule has 0 unspecified atom stereocenters. The summed E-state index contributed by atoms with van der Waals surface area (Å²) in [5.41, 5.74) is 0.596. The molecule has 1 aromatic carbocycles. The number of benzene rings is 1. The van der Waals surface area contributed by atoms with Crippen LogP contribution in [0.25, 0.3) is 0 Å². The molecule has 0 aromatic heterocycles. The van der Waals surface area contributed by atoms with Gasteiger partial charge in [0.15, 0.2) is 6.10 Å². The second-order valence-corrected chi connectivity index (χ2v) is 7.46. The number of hydrogen-bond acceptors (Lipinski definition) is 5. The van der Waals surface area contributed by atoms with Gasteiger partial charge >= 0.3 is 12.0 Å². The maximum atomic E-state index is 12.4. The summed E-state index contributed by atoms with van der Waals surface area (Å²) in [7, 11) is 0. The third kappa shape index (κ3) is 4.68. The Morgan fingerprint density at radius 3 is 2.43 bits per heavy atom. The molecule has 0 spiro atoms. The number of anilines is 1. The summed E-state index contributed by atoms with van der Waals surface area (Å²) in [5, 5.41) is 5.26. The Labute approximate surface area is 164 Å². The molecule has 1 fully saturated rings. The maximum absolute atomic E-state index is 12.4. The van der Waals surface area contributed by atoms with Crippen molar-refractivity contribution in [3.63, 3.8) is 0 Å². The monoisotopic (exact) mass is 389 g/mol. The molecule has 2 rings (SSSR count). The number of esters is 1. The molecule has 8 nitrogen and oxygen atoms in total. The van der Waals surface area contributed by atoms with Crippen molar-refractivity contribution in [2.75, 3.05) is 11.9 Å². The predicted octanol–water partition coefficient (Wildman–Crippen LogP) is 2.40. The van der Waals surface area contributed by atoms with E-state index in [2.05, 4.69) is 24.5 Å². The summed E-state index contributed by atoms with van der Waals surface area (Å²) in [4.78, 5) is 49.3. The Balaban J connectivity index is 1.97. The van der Waals surface area contributed by atoms with Crippen LogP contribution in [0.2, 0.25) is 0 Å². The number of urea groups is 1. The van der Waals surface area contributed by atoms with Gasteiger partial charge in [-0.3, -0.25) is 19.3 Å². The van der Waals surface area contributed by atoms with Crippen molar-refractivity contribution in [3.8, 4) is 0 Å². The average Bonchev–Trinajstić information content (AvgIpc) is 2.83. The summed E-state index contributed by atoms with van der Waals surface area (Å²) in [5.74, 6) is -1.58. The molecule has 0 saturated carbocycles. The van der Waals surface area contributed by atoms with E-state index in [1.165, 1.54) is 6.92 Å². The number of carbonyl (C=O) groups excluding carboxylic acids is 4. The molecule has 2 N–H and O–H groups in total. The first-order valence-corrected chi connectivity index (χ1v) is 9.30. The Hall–Kier alpha value is -2.90. The highest BCUT2D eigenvalue weighted by Gasteiger charge is 2.45. The zero-order valence-electron chi connectivity index (χ0n) is 16.9. The van der Waals surface area contributed by atoms with Crippen LogP contribution in [0, 0.1) is 0 Å². The summed E-state index contributed by atoms with van der Waals surface area (Å²) in [6.07, 6.45) is -0.161. The number of hydrogen-bond donors (Lipinski definition) is 2. The first-order chi connectivity index (χ1) is 13.1. The van der Waals surface area contributed by atoms with Gasteiger partial charge in [0, 0.05) is 5.69 Å². The van der Waals surface area contributed by atoms with Crippen molar-refractivity contribution >= 4 is 29.5 Å². The first kappa shape index (κ1) is 21.4. The molecular weight excluding hydrogens is 362 g/mol. The van der Waals surface area contributed by atoms with E-state index in [1.54, 1.807) is 19.9 Å². The van der Waals surface area contributed by atoms with Gasteiger partial charge in [0.05, 0.1) is 0 Å². The lowest BCUT2D eigenvalue weighted by atomic mass is 9.97. The smallest absolute Gasteiger partial charge is 0.327 e. The minimum atomic E-state index is -1.08.